The van der Waals surface area contributed by atoms with E-state index in [1.165, 1.54) is 13.0 Å². The van der Waals surface area contributed by atoms with Gasteiger partial charge in [0.25, 0.3) is 0 Å². The van der Waals surface area contributed by atoms with Crippen molar-refractivity contribution in [2.75, 3.05) is 11.9 Å². The molecule has 30 heavy (non-hydrogen) atoms. The van der Waals surface area contributed by atoms with Crippen molar-refractivity contribution in [2.45, 2.75) is 25.8 Å². The highest BCUT2D eigenvalue weighted by Crippen LogP contribution is 2.32. The van der Waals surface area contributed by atoms with Gasteiger partial charge in [0.1, 0.15) is 6.04 Å². The lowest BCUT2D eigenvalue weighted by Gasteiger charge is -2.12. The second kappa shape index (κ2) is 9.17. The first-order valence-electron chi connectivity index (χ1n) is 9.53. The monoisotopic (exact) mass is 406 g/mol. The van der Waals surface area contributed by atoms with Crippen molar-refractivity contribution < 1.29 is 23.9 Å². The van der Waals surface area contributed by atoms with Crippen molar-refractivity contribution in [3.8, 4) is 0 Å². The Morgan fingerprint density at radius 1 is 1.17 bits per heavy atom. The number of rotatable bonds is 7. The standard InChI is InChI=1S/C23H22N2O5/c1-14-18-12-17(9-10-19(18)25-22(14)28)20(26)13-30-23(29)15(2)24-21(27)11-8-16-6-4-3-5-7-16/h3-12,14-15H,13H2,1-2H3,(H,24,27)(H,25,28)/b11-8+/t14-,15+/m1/s1. The lowest BCUT2D eigenvalue weighted by molar-refractivity contribution is -0.145. The molecule has 0 saturated heterocycles. The molecule has 0 aromatic heterocycles. The molecule has 0 radical (unpaired) electrons. The van der Waals surface area contributed by atoms with E-state index in [0.29, 0.717) is 11.3 Å². The predicted octanol–water partition coefficient (Wildman–Crippen LogP) is 2.69. The molecule has 3 rings (SSSR count). The van der Waals surface area contributed by atoms with Crippen molar-refractivity contribution in [3.63, 3.8) is 0 Å². The van der Waals surface area contributed by atoms with Gasteiger partial charge < -0.3 is 15.4 Å². The van der Waals surface area contributed by atoms with E-state index in [9.17, 15) is 19.2 Å². The van der Waals surface area contributed by atoms with Crippen molar-refractivity contribution in [1.29, 1.82) is 0 Å². The number of ether oxygens (including phenoxy) is 1. The molecular weight excluding hydrogens is 384 g/mol. The first kappa shape index (κ1) is 21.0. The highest BCUT2D eigenvalue weighted by Gasteiger charge is 2.27. The molecule has 7 heteroatoms. The minimum atomic E-state index is -0.910. The molecule has 0 saturated carbocycles. The summed E-state index contributed by atoms with van der Waals surface area (Å²) in [6.07, 6.45) is 2.96. The Morgan fingerprint density at radius 2 is 1.90 bits per heavy atom. The highest BCUT2D eigenvalue weighted by atomic mass is 16.5. The van der Waals surface area contributed by atoms with Crippen molar-refractivity contribution in [2.24, 2.45) is 0 Å². The van der Waals surface area contributed by atoms with Gasteiger partial charge in [-0.2, -0.15) is 0 Å². The van der Waals surface area contributed by atoms with E-state index in [-0.39, 0.29) is 17.6 Å². The van der Waals surface area contributed by atoms with Gasteiger partial charge in [-0.05, 0) is 49.2 Å². The van der Waals surface area contributed by atoms with Crippen molar-refractivity contribution in [3.05, 3.63) is 71.3 Å². The second-order valence-electron chi connectivity index (χ2n) is 7.02. The van der Waals surface area contributed by atoms with E-state index in [2.05, 4.69) is 10.6 Å². The third kappa shape index (κ3) is 5.00. The molecule has 1 aliphatic rings. The number of esters is 1. The zero-order valence-electron chi connectivity index (χ0n) is 16.7. The number of carbonyl (C=O) groups is 4. The fourth-order valence-electron chi connectivity index (χ4n) is 2.99. The molecule has 0 fully saturated rings. The van der Waals surface area contributed by atoms with Crippen LogP contribution in [0.5, 0.6) is 0 Å². The summed E-state index contributed by atoms with van der Waals surface area (Å²) in [6.45, 7) is 2.79. The van der Waals surface area contributed by atoms with Crippen LogP contribution in [0.25, 0.3) is 6.08 Å². The van der Waals surface area contributed by atoms with Gasteiger partial charge in [-0.25, -0.2) is 4.79 Å². The summed E-state index contributed by atoms with van der Waals surface area (Å²) in [5.41, 5.74) is 2.63. The Morgan fingerprint density at radius 3 is 2.63 bits per heavy atom. The average Bonchev–Trinajstić information content (AvgIpc) is 3.04. The number of ketones is 1. The van der Waals surface area contributed by atoms with Gasteiger partial charge in [-0.3, -0.25) is 14.4 Å². The maximum absolute atomic E-state index is 12.4. The summed E-state index contributed by atoms with van der Waals surface area (Å²) < 4.78 is 5.04. The summed E-state index contributed by atoms with van der Waals surface area (Å²) in [5, 5.41) is 5.24. The molecule has 0 spiro atoms. The van der Waals surface area contributed by atoms with Crippen molar-refractivity contribution >= 4 is 35.3 Å². The Hall–Kier alpha value is -3.74. The molecule has 2 N–H and O–H groups in total. The smallest absolute Gasteiger partial charge is 0.328 e. The van der Waals surface area contributed by atoms with Gasteiger partial charge in [0, 0.05) is 17.3 Å². The van der Waals surface area contributed by atoms with Crippen LogP contribution in [-0.2, 0) is 19.1 Å². The molecule has 0 unspecified atom stereocenters. The summed E-state index contributed by atoms with van der Waals surface area (Å²) in [4.78, 5) is 48.1. The van der Waals surface area contributed by atoms with Gasteiger partial charge in [0.05, 0.1) is 5.92 Å². The molecule has 154 valence electrons. The van der Waals surface area contributed by atoms with E-state index in [1.54, 1.807) is 31.2 Å². The third-order valence-corrected chi connectivity index (χ3v) is 4.78. The van der Waals surface area contributed by atoms with E-state index in [1.807, 2.05) is 30.3 Å². The first-order valence-corrected chi connectivity index (χ1v) is 9.53. The van der Waals surface area contributed by atoms with Crippen LogP contribution in [0, 0.1) is 0 Å². The summed E-state index contributed by atoms with van der Waals surface area (Å²) in [7, 11) is 0. The van der Waals surface area contributed by atoms with Gasteiger partial charge in [-0.15, -0.1) is 0 Å². The normalized spacial score (nSPS) is 15.9. The molecule has 7 nitrogen and oxygen atoms in total. The zero-order chi connectivity index (χ0) is 21.7. The first-order chi connectivity index (χ1) is 14.3. The molecular formula is C23H22N2O5. The summed E-state index contributed by atoms with van der Waals surface area (Å²) in [6, 6.07) is 13.2. The number of carbonyl (C=O) groups excluding carboxylic acids is 4. The Balaban J connectivity index is 1.50. The zero-order valence-corrected chi connectivity index (χ0v) is 16.7. The quantitative estimate of drug-likeness (QED) is 0.418. The molecule has 1 aliphatic heterocycles. The predicted molar refractivity (Wildman–Crippen MR) is 112 cm³/mol. The molecule has 2 atom stereocenters. The van der Waals surface area contributed by atoms with E-state index in [0.717, 1.165) is 11.1 Å². The molecule has 0 aliphatic carbocycles. The van der Waals surface area contributed by atoms with Crippen LogP contribution in [0.4, 0.5) is 5.69 Å². The minimum absolute atomic E-state index is 0.119. The van der Waals surface area contributed by atoms with Crippen LogP contribution in [0.3, 0.4) is 0 Å². The van der Waals surface area contributed by atoms with Gasteiger partial charge in [0.15, 0.2) is 12.4 Å². The van der Waals surface area contributed by atoms with Crippen LogP contribution >= 0.6 is 0 Å². The van der Waals surface area contributed by atoms with Gasteiger partial charge in [0.2, 0.25) is 11.8 Å². The van der Waals surface area contributed by atoms with E-state index in [4.69, 9.17) is 4.74 Å². The molecule has 2 aromatic carbocycles. The third-order valence-electron chi connectivity index (χ3n) is 4.78. The maximum Gasteiger partial charge on any atom is 0.328 e. The molecule has 0 bridgehead atoms. The number of fused-ring (bicyclic) bond motifs is 1. The largest absolute Gasteiger partial charge is 0.456 e. The average molecular weight is 406 g/mol. The number of amides is 2. The second-order valence-corrected chi connectivity index (χ2v) is 7.02. The van der Waals surface area contributed by atoms with Crippen LogP contribution in [0.2, 0.25) is 0 Å². The number of hydrogen-bond acceptors (Lipinski definition) is 5. The Bertz CT molecular complexity index is 1010. The topological polar surface area (TPSA) is 102 Å². The number of hydrogen-bond donors (Lipinski definition) is 2. The minimum Gasteiger partial charge on any atom is -0.456 e. The SMILES string of the molecule is C[C@H](NC(=O)/C=C/c1ccccc1)C(=O)OCC(=O)c1ccc2c(c1)[C@@H](C)C(=O)N2. The van der Waals surface area contributed by atoms with Crippen LogP contribution in [-0.4, -0.2) is 36.2 Å². The fourth-order valence-corrected chi connectivity index (χ4v) is 2.99. The summed E-state index contributed by atoms with van der Waals surface area (Å²) >= 11 is 0. The number of nitrogens with one attached hydrogen (secondary N) is 2. The van der Waals surface area contributed by atoms with E-state index < -0.39 is 24.5 Å². The summed E-state index contributed by atoms with van der Waals surface area (Å²) in [5.74, 6) is -2.00. The lowest BCUT2D eigenvalue weighted by atomic mass is 9.99. The van der Waals surface area contributed by atoms with E-state index >= 15 is 0 Å². The lowest BCUT2D eigenvalue weighted by Crippen LogP contribution is -2.39. The maximum atomic E-state index is 12.4. The highest BCUT2D eigenvalue weighted by molar-refractivity contribution is 6.05. The molecule has 2 amide bonds. The number of benzene rings is 2. The Labute approximate surface area is 174 Å². The van der Waals surface area contributed by atoms with Crippen LogP contribution in [0.1, 0.15) is 41.3 Å². The van der Waals surface area contributed by atoms with Crippen LogP contribution < -0.4 is 10.6 Å². The number of Topliss-reactive ketones (excluding diaryl/α,β-unsaturated/α-hetero) is 1. The molecule has 2 aromatic rings. The van der Waals surface area contributed by atoms with Crippen LogP contribution in [0.15, 0.2) is 54.6 Å². The molecule has 1 heterocycles. The van der Waals surface area contributed by atoms with Crippen molar-refractivity contribution in [1.82, 2.24) is 5.32 Å². The van der Waals surface area contributed by atoms with Gasteiger partial charge in [-0.1, -0.05) is 30.3 Å². The Kier molecular flexibility index (Phi) is 6.41. The van der Waals surface area contributed by atoms with Gasteiger partial charge >= 0.3 is 5.97 Å². The number of anilines is 1. The fraction of sp³-hybridized carbons (Fsp3) is 0.217.